The van der Waals surface area contributed by atoms with Crippen molar-refractivity contribution in [3.63, 3.8) is 0 Å². The molecule has 1 aromatic carbocycles. The highest BCUT2D eigenvalue weighted by Gasteiger charge is 2.17. The Bertz CT molecular complexity index is 864. The number of amides is 1. The highest BCUT2D eigenvalue weighted by molar-refractivity contribution is 5.93. The number of ether oxygens (including phenoxy) is 1. The Morgan fingerprint density at radius 3 is 3.04 bits per heavy atom. The van der Waals surface area contributed by atoms with Gasteiger partial charge in [-0.05, 0) is 30.7 Å². The van der Waals surface area contributed by atoms with Gasteiger partial charge in [-0.15, -0.1) is 0 Å². The SMILES string of the molecule is Cc1nc(/C=N/O)cc(C(=O)NCc2ccc3c(c2)CC(=O)CO3)n1. The summed E-state index contributed by atoms with van der Waals surface area (Å²) in [6.07, 6.45) is 1.47. The van der Waals surface area contributed by atoms with Crippen LogP contribution in [0.1, 0.15) is 33.1 Å². The molecular weight excluding hydrogens is 324 g/mol. The van der Waals surface area contributed by atoms with Gasteiger partial charge in [-0.3, -0.25) is 9.59 Å². The van der Waals surface area contributed by atoms with Crippen molar-refractivity contribution >= 4 is 17.9 Å². The van der Waals surface area contributed by atoms with Crippen LogP contribution in [0.3, 0.4) is 0 Å². The fourth-order valence-electron chi connectivity index (χ4n) is 2.55. The fourth-order valence-corrected chi connectivity index (χ4v) is 2.55. The van der Waals surface area contributed by atoms with E-state index in [0.717, 1.165) is 17.3 Å². The van der Waals surface area contributed by atoms with Crippen LogP contribution >= 0.6 is 0 Å². The number of carbonyl (C=O) groups is 2. The Morgan fingerprint density at radius 1 is 1.40 bits per heavy atom. The van der Waals surface area contributed by atoms with Gasteiger partial charge in [0.15, 0.2) is 5.78 Å². The number of oxime groups is 1. The number of benzene rings is 1. The molecule has 0 saturated heterocycles. The molecule has 25 heavy (non-hydrogen) atoms. The van der Waals surface area contributed by atoms with Gasteiger partial charge in [-0.2, -0.15) is 0 Å². The number of nitrogens with zero attached hydrogens (tertiary/aromatic N) is 3. The van der Waals surface area contributed by atoms with Crippen molar-refractivity contribution in [1.82, 2.24) is 15.3 Å². The lowest BCUT2D eigenvalue weighted by Crippen LogP contribution is -2.25. The van der Waals surface area contributed by atoms with Crippen molar-refractivity contribution in [2.24, 2.45) is 5.16 Å². The van der Waals surface area contributed by atoms with E-state index in [0.29, 0.717) is 23.7 Å². The van der Waals surface area contributed by atoms with Crippen molar-refractivity contribution in [2.45, 2.75) is 19.9 Å². The number of aryl methyl sites for hydroxylation is 1. The van der Waals surface area contributed by atoms with Crippen LogP contribution in [-0.2, 0) is 17.8 Å². The summed E-state index contributed by atoms with van der Waals surface area (Å²) in [7, 11) is 0. The molecule has 1 aliphatic rings. The molecule has 2 aromatic rings. The Hall–Kier alpha value is -3.29. The standard InChI is InChI=1S/C17H16N4O4/c1-10-20-13(8-19-24)6-15(21-10)17(23)18-7-11-2-3-16-12(4-11)5-14(22)9-25-16/h2-4,6,8,24H,5,7,9H2,1H3,(H,18,23)/b19-8+. The average molecular weight is 340 g/mol. The van der Waals surface area contributed by atoms with Gasteiger partial charge in [0.2, 0.25) is 0 Å². The predicted molar refractivity (Wildman–Crippen MR) is 88.0 cm³/mol. The van der Waals surface area contributed by atoms with Crippen molar-refractivity contribution in [3.8, 4) is 5.75 Å². The van der Waals surface area contributed by atoms with Crippen LogP contribution < -0.4 is 10.1 Å². The van der Waals surface area contributed by atoms with Crippen LogP contribution in [0.15, 0.2) is 29.4 Å². The molecule has 0 saturated carbocycles. The van der Waals surface area contributed by atoms with Gasteiger partial charge in [0.1, 0.15) is 23.9 Å². The third kappa shape index (κ3) is 3.97. The number of ketones is 1. The first-order valence-electron chi connectivity index (χ1n) is 7.63. The largest absolute Gasteiger partial charge is 0.486 e. The summed E-state index contributed by atoms with van der Waals surface area (Å²) in [5.41, 5.74) is 2.19. The van der Waals surface area contributed by atoms with Crippen molar-refractivity contribution in [2.75, 3.05) is 6.61 Å². The van der Waals surface area contributed by atoms with Gasteiger partial charge in [0.05, 0.1) is 11.9 Å². The van der Waals surface area contributed by atoms with Crippen LogP contribution in [0.4, 0.5) is 0 Å². The lowest BCUT2D eigenvalue weighted by molar-refractivity contribution is -0.121. The molecule has 1 amide bonds. The molecule has 8 heteroatoms. The molecule has 3 rings (SSSR count). The van der Waals surface area contributed by atoms with Gasteiger partial charge in [-0.25, -0.2) is 9.97 Å². The van der Waals surface area contributed by atoms with Crippen LogP contribution in [0.25, 0.3) is 0 Å². The number of fused-ring (bicyclic) bond motifs is 1. The van der Waals surface area contributed by atoms with Crippen LogP contribution in [0.5, 0.6) is 5.75 Å². The third-order valence-corrected chi connectivity index (χ3v) is 3.63. The molecule has 0 aliphatic carbocycles. The monoisotopic (exact) mass is 340 g/mol. The van der Waals surface area contributed by atoms with Crippen LogP contribution in [0, 0.1) is 6.92 Å². The maximum Gasteiger partial charge on any atom is 0.270 e. The zero-order valence-corrected chi connectivity index (χ0v) is 13.5. The first-order valence-corrected chi connectivity index (χ1v) is 7.63. The number of nitrogens with one attached hydrogen (secondary N) is 1. The minimum Gasteiger partial charge on any atom is -0.486 e. The lowest BCUT2D eigenvalue weighted by Gasteiger charge is -2.17. The molecule has 2 N–H and O–H groups in total. The van der Waals surface area contributed by atoms with E-state index >= 15 is 0 Å². The van der Waals surface area contributed by atoms with Gasteiger partial charge in [0, 0.05) is 18.5 Å². The third-order valence-electron chi connectivity index (χ3n) is 3.63. The molecule has 0 fully saturated rings. The Labute approximate surface area is 143 Å². The molecule has 1 aliphatic heterocycles. The molecular formula is C17H16N4O4. The van der Waals surface area contributed by atoms with Crippen molar-refractivity contribution in [1.29, 1.82) is 0 Å². The van der Waals surface area contributed by atoms with Gasteiger partial charge >= 0.3 is 0 Å². The minimum atomic E-state index is -0.372. The zero-order valence-electron chi connectivity index (χ0n) is 13.5. The van der Waals surface area contributed by atoms with Gasteiger partial charge in [-0.1, -0.05) is 11.2 Å². The maximum absolute atomic E-state index is 12.3. The average Bonchev–Trinajstić information content (AvgIpc) is 2.59. The molecule has 128 valence electrons. The van der Waals surface area contributed by atoms with E-state index in [1.807, 2.05) is 12.1 Å². The smallest absolute Gasteiger partial charge is 0.270 e. The van der Waals surface area contributed by atoms with E-state index in [9.17, 15) is 9.59 Å². The summed E-state index contributed by atoms with van der Waals surface area (Å²) in [5, 5.41) is 14.3. The second-order valence-corrected chi connectivity index (χ2v) is 5.60. The fraction of sp³-hybridized carbons (Fsp3) is 0.235. The molecule has 0 atom stereocenters. The number of aromatic nitrogens is 2. The van der Waals surface area contributed by atoms with E-state index in [-0.39, 0.29) is 30.5 Å². The number of rotatable bonds is 4. The number of Topliss-reactive ketones (excluding diaryl/α,β-unsaturated/α-hetero) is 1. The summed E-state index contributed by atoms with van der Waals surface area (Å²) in [6.45, 7) is 2.04. The molecule has 0 bridgehead atoms. The molecule has 1 aromatic heterocycles. The predicted octanol–water partition coefficient (Wildman–Crippen LogP) is 1.03. The lowest BCUT2D eigenvalue weighted by atomic mass is 10.0. The Morgan fingerprint density at radius 2 is 2.24 bits per heavy atom. The summed E-state index contributed by atoms with van der Waals surface area (Å²) in [5.74, 6) is 0.757. The van der Waals surface area contributed by atoms with E-state index in [2.05, 4.69) is 20.4 Å². The Kier molecular flexibility index (Phi) is 4.69. The van der Waals surface area contributed by atoms with Crippen LogP contribution in [-0.4, -0.2) is 39.7 Å². The topological polar surface area (TPSA) is 114 Å². The molecule has 0 radical (unpaired) electrons. The minimum absolute atomic E-state index is 0.0308. The molecule has 0 unspecified atom stereocenters. The molecule has 8 nitrogen and oxygen atoms in total. The number of carbonyl (C=O) groups excluding carboxylic acids is 2. The second-order valence-electron chi connectivity index (χ2n) is 5.60. The van der Waals surface area contributed by atoms with E-state index in [1.54, 1.807) is 13.0 Å². The van der Waals surface area contributed by atoms with Crippen molar-refractivity contribution < 1.29 is 19.5 Å². The van der Waals surface area contributed by atoms with Crippen LogP contribution in [0.2, 0.25) is 0 Å². The quantitative estimate of drug-likeness (QED) is 0.488. The normalized spacial score (nSPS) is 13.4. The van der Waals surface area contributed by atoms with E-state index < -0.39 is 0 Å². The summed E-state index contributed by atoms with van der Waals surface area (Å²) in [4.78, 5) is 31.9. The molecule has 2 heterocycles. The van der Waals surface area contributed by atoms with E-state index in [4.69, 9.17) is 9.94 Å². The van der Waals surface area contributed by atoms with Crippen molar-refractivity contribution in [3.05, 3.63) is 52.6 Å². The first kappa shape index (κ1) is 16.6. The summed E-state index contributed by atoms with van der Waals surface area (Å²) in [6, 6.07) is 6.92. The Balaban J connectivity index is 1.70. The second kappa shape index (κ2) is 7.08. The van der Waals surface area contributed by atoms with E-state index in [1.165, 1.54) is 6.07 Å². The number of hydrogen-bond acceptors (Lipinski definition) is 7. The summed E-state index contributed by atoms with van der Waals surface area (Å²) >= 11 is 0. The highest BCUT2D eigenvalue weighted by atomic mass is 16.5. The van der Waals surface area contributed by atoms with Gasteiger partial charge < -0.3 is 15.3 Å². The maximum atomic E-state index is 12.3. The number of hydrogen-bond donors (Lipinski definition) is 2. The highest BCUT2D eigenvalue weighted by Crippen LogP contribution is 2.24. The van der Waals surface area contributed by atoms with Gasteiger partial charge in [0.25, 0.3) is 5.91 Å². The zero-order chi connectivity index (χ0) is 17.8. The summed E-state index contributed by atoms with van der Waals surface area (Å²) < 4.78 is 5.35. The first-order chi connectivity index (χ1) is 12.0. The molecule has 0 spiro atoms.